The summed E-state index contributed by atoms with van der Waals surface area (Å²) in [6.45, 7) is 1.64. The lowest BCUT2D eigenvalue weighted by molar-refractivity contribution is -0.122. The van der Waals surface area contributed by atoms with Crippen molar-refractivity contribution >= 4 is 23.4 Å². The maximum absolute atomic E-state index is 13.5. The van der Waals surface area contributed by atoms with Gasteiger partial charge in [0.15, 0.2) is 0 Å². The van der Waals surface area contributed by atoms with E-state index in [0.29, 0.717) is 47.3 Å². The van der Waals surface area contributed by atoms with Gasteiger partial charge in [-0.1, -0.05) is 17.7 Å². The number of amides is 2. The molecule has 4 rings (SSSR count). The minimum atomic E-state index is -0.403. The van der Waals surface area contributed by atoms with E-state index in [1.54, 1.807) is 30.3 Å². The topological polar surface area (TPSA) is 110 Å². The fourth-order valence-corrected chi connectivity index (χ4v) is 3.65. The number of aromatic nitrogens is 2. The van der Waals surface area contributed by atoms with Crippen LogP contribution < -0.4 is 15.4 Å². The third-order valence-corrected chi connectivity index (χ3v) is 5.30. The summed E-state index contributed by atoms with van der Waals surface area (Å²) in [7, 11) is 0. The van der Waals surface area contributed by atoms with Crippen molar-refractivity contribution in [1.29, 1.82) is 0 Å². The van der Waals surface area contributed by atoms with Gasteiger partial charge < -0.3 is 19.8 Å². The maximum atomic E-state index is 13.5. The first-order valence-corrected chi connectivity index (χ1v) is 11.1. The molecule has 0 fully saturated rings. The minimum absolute atomic E-state index is 0.0951. The van der Waals surface area contributed by atoms with E-state index < -0.39 is 5.82 Å². The summed E-state index contributed by atoms with van der Waals surface area (Å²) in [5.74, 6) is 0.0135. The number of rotatable bonds is 3. The van der Waals surface area contributed by atoms with Crippen LogP contribution in [0.1, 0.15) is 22.7 Å². The SMILES string of the molecule is O=C1CN(Cc2nnc(-c3cccc(F)c3)o2)CCCNC(=O)c2cc(Cl)ccc2OCCN1. The summed E-state index contributed by atoms with van der Waals surface area (Å²) in [5, 5.41) is 14.1. The Bertz CT molecular complexity index is 1170. The molecule has 0 radical (unpaired) electrons. The van der Waals surface area contributed by atoms with Crippen LogP contribution >= 0.6 is 11.6 Å². The summed E-state index contributed by atoms with van der Waals surface area (Å²) >= 11 is 6.04. The largest absolute Gasteiger partial charge is 0.491 e. The van der Waals surface area contributed by atoms with Crippen LogP contribution in [0.2, 0.25) is 5.02 Å². The molecule has 2 N–H and O–H groups in total. The van der Waals surface area contributed by atoms with Gasteiger partial charge in [0.05, 0.1) is 25.2 Å². The van der Waals surface area contributed by atoms with E-state index in [0.717, 1.165) is 0 Å². The van der Waals surface area contributed by atoms with Gasteiger partial charge in [0, 0.05) is 23.7 Å². The second-order valence-electron chi connectivity index (χ2n) is 7.67. The molecule has 3 aromatic rings. The second kappa shape index (κ2) is 11.1. The van der Waals surface area contributed by atoms with E-state index in [1.165, 1.54) is 12.1 Å². The molecule has 0 spiro atoms. The second-order valence-corrected chi connectivity index (χ2v) is 8.11. The van der Waals surface area contributed by atoms with Crippen molar-refractivity contribution in [3.8, 4) is 17.2 Å². The molecule has 2 aromatic carbocycles. The van der Waals surface area contributed by atoms with Gasteiger partial charge in [-0.2, -0.15) is 0 Å². The molecule has 34 heavy (non-hydrogen) atoms. The molecular formula is C23H23ClFN5O4. The van der Waals surface area contributed by atoms with E-state index in [1.807, 2.05) is 4.90 Å². The number of carbonyl (C=O) groups excluding carboxylic acids is 2. The number of fused-ring (bicyclic) bond motifs is 1. The lowest BCUT2D eigenvalue weighted by Gasteiger charge is -2.21. The third-order valence-electron chi connectivity index (χ3n) is 5.07. The van der Waals surface area contributed by atoms with Crippen molar-refractivity contribution in [2.45, 2.75) is 13.0 Å². The lowest BCUT2D eigenvalue weighted by atomic mass is 10.2. The monoisotopic (exact) mass is 487 g/mol. The first kappa shape index (κ1) is 23.7. The van der Waals surface area contributed by atoms with Crippen molar-refractivity contribution in [3.63, 3.8) is 0 Å². The normalized spacial score (nSPS) is 16.1. The predicted molar refractivity (Wildman–Crippen MR) is 122 cm³/mol. The van der Waals surface area contributed by atoms with Crippen LogP contribution in [0.25, 0.3) is 11.5 Å². The zero-order valence-electron chi connectivity index (χ0n) is 18.2. The van der Waals surface area contributed by atoms with Gasteiger partial charge in [-0.3, -0.25) is 14.5 Å². The highest BCUT2D eigenvalue weighted by molar-refractivity contribution is 6.31. The summed E-state index contributed by atoms with van der Waals surface area (Å²) in [6, 6.07) is 10.7. The van der Waals surface area contributed by atoms with Gasteiger partial charge in [-0.05, 0) is 42.8 Å². The van der Waals surface area contributed by atoms with Gasteiger partial charge in [0.2, 0.25) is 17.7 Å². The molecule has 0 atom stereocenters. The Hall–Kier alpha value is -3.50. The van der Waals surface area contributed by atoms with Crippen molar-refractivity contribution in [2.75, 3.05) is 32.8 Å². The predicted octanol–water partition coefficient (Wildman–Crippen LogP) is 2.66. The Morgan fingerprint density at radius 3 is 2.82 bits per heavy atom. The van der Waals surface area contributed by atoms with Crippen LogP contribution in [0.3, 0.4) is 0 Å². The van der Waals surface area contributed by atoms with Gasteiger partial charge >= 0.3 is 0 Å². The Morgan fingerprint density at radius 2 is 1.97 bits per heavy atom. The van der Waals surface area contributed by atoms with E-state index in [9.17, 15) is 14.0 Å². The molecule has 0 aliphatic carbocycles. The van der Waals surface area contributed by atoms with Crippen LogP contribution in [0.4, 0.5) is 4.39 Å². The van der Waals surface area contributed by atoms with Crippen LogP contribution in [0, 0.1) is 5.82 Å². The molecule has 1 aliphatic heterocycles. The fraction of sp³-hybridized carbons (Fsp3) is 0.304. The van der Waals surface area contributed by atoms with Gasteiger partial charge in [-0.25, -0.2) is 4.39 Å². The van der Waals surface area contributed by atoms with Crippen LogP contribution in [-0.2, 0) is 11.3 Å². The minimum Gasteiger partial charge on any atom is -0.491 e. The number of carbonyl (C=O) groups is 2. The zero-order valence-corrected chi connectivity index (χ0v) is 19.0. The van der Waals surface area contributed by atoms with E-state index in [-0.39, 0.29) is 43.9 Å². The number of benzene rings is 2. The van der Waals surface area contributed by atoms with E-state index >= 15 is 0 Å². The molecule has 0 bridgehead atoms. The molecule has 0 saturated heterocycles. The first-order valence-electron chi connectivity index (χ1n) is 10.8. The highest BCUT2D eigenvalue weighted by Crippen LogP contribution is 2.23. The molecular weight excluding hydrogens is 465 g/mol. The molecule has 1 aliphatic rings. The molecule has 178 valence electrons. The van der Waals surface area contributed by atoms with Crippen molar-refractivity contribution < 1.29 is 23.1 Å². The first-order chi connectivity index (χ1) is 16.5. The van der Waals surface area contributed by atoms with Crippen LogP contribution in [0.15, 0.2) is 46.9 Å². The molecule has 9 nitrogen and oxygen atoms in total. The van der Waals surface area contributed by atoms with Crippen molar-refractivity contribution in [2.24, 2.45) is 0 Å². The average molecular weight is 488 g/mol. The lowest BCUT2D eigenvalue weighted by Crippen LogP contribution is -2.40. The van der Waals surface area contributed by atoms with Gasteiger partial charge in [0.1, 0.15) is 18.2 Å². The number of nitrogens with zero attached hydrogens (tertiary/aromatic N) is 3. The molecule has 0 unspecified atom stereocenters. The Morgan fingerprint density at radius 1 is 1.09 bits per heavy atom. The van der Waals surface area contributed by atoms with Crippen LogP contribution in [-0.4, -0.2) is 59.7 Å². The highest BCUT2D eigenvalue weighted by Gasteiger charge is 2.18. The summed E-state index contributed by atoms with van der Waals surface area (Å²) in [5.41, 5.74) is 0.809. The van der Waals surface area contributed by atoms with Crippen LogP contribution in [0.5, 0.6) is 5.75 Å². The maximum Gasteiger partial charge on any atom is 0.255 e. The Balaban J connectivity index is 1.43. The zero-order chi connectivity index (χ0) is 23.9. The Kier molecular flexibility index (Phi) is 7.71. The van der Waals surface area contributed by atoms with Crippen molar-refractivity contribution in [1.82, 2.24) is 25.7 Å². The van der Waals surface area contributed by atoms with E-state index in [2.05, 4.69) is 20.8 Å². The average Bonchev–Trinajstić information content (AvgIpc) is 3.28. The number of hydrogen-bond donors (Lipinski definition) is 2. The molecule has 2 amide bonds. The Labute approximate surface area is 200 Å². The molecule has 2 heterocycles. The van der Waals surface area contributed by atoms with E-state index in [4.69, 9.17) is 20.8 Å². The number of nitrogens with one attached hydrogen (secondary N) is 2. The smallest absolute Gasteiger partial charge is 0.255 e. The number of ether oxygens (including phenoxy) is 1. The molecule has 11 heteroatoms. The summed E-state index contributed by atoms with van der Waals surface area (Å²) < 4.78 is 24.8. The van der Waals surface area contributed by atoms with Gasteiger partial charge in [0.25, 0.3) is 5.91 Å². The number of halogens is 2. The summed E-state index contributed by atoms with van der Waals surface area (Å²) in [4.78, 5) is 26.9. The number of hydrogen-bond acceptors (Lipinski definition) is 7. The fourth-order valence-electron chi connectivity index (χ4n) is 3.48. The van der Waals surface area contributed by atoms with Crippen molar-refractivity contribution in [3.05, 3.63) is 64.8 Å². The third kappa shape index (κ3) is 6.30. The van der Waals surface area contributed by atoms with Gasteiger partial charge in [-0.15, -0.1) is 10.2 Å². The standard InChI is InChI=1S/C23H23ClFN5O4/c24-16-5-6-19-18(12-16)22(32)27-7-2-9-30(13-20(31)26-8-10-33-19)14-21-28-29-23(34-21)15-3-1-4-17(25)11-15/h1,3-6,11-12H,2,7-10,13-14H2,(H,26,31)(H,27,32). The highest BCUT2D eigenvalue weighted by atomic mass is 35.5. The quantitative estimate of drug-likeness (QED) is 0.584. The molecule has 0 saturated carbocycles. The molecule has 1 aromatic heterocycles. The summed E-state index contributed by atoms with van der Waals surface area (Å²) in [6.07, 6.45) is 0.570.